The highest BCUT2D eigenvalue weighted by Gasteiger charge is 2.23. The van der Waals surface area contributed by atoms with E-state index in [1.54, 1.807) is 18.2 Å². The van der Waals surface area contributed by atoms with E-state index in [2.05, 4.69) is 5.32 Å². The predicted octanol–water partition coefficient (Wildman–Crippen LogP) is 4.97. The fourth-order valence-electron chi connectivity index (χ4n) is 2.67. The summed E-state index contributed by atoms with van der Waals surface area (Å²) in [6.45, 7) is 4.39. The molecule has 1 heterocycles. The van der Waals surface area contributed by atoms with E-state index >= 15 is 0 Å². The lowest BCUT2D eigenvalue weighted by molar-refractivity contribution is 0.102. The van der Waals surface area contributed by atoms with Crippen molar-refractivity contribution in [2.45, 2.75) is 26.4 Å². The Morgan fingerprint density at radius 3 is 2.88 bits per heavy atom. The van der Waals surface area contributed by atoms with Crippen molar-refractivity contribution >= 4 is 34.8 Å². The lowest BCUT2D eigenvalue weighted by Crippen LogP contribution is -2.13. The number of carbonyl (C=O) groups is 1. The van der Waals surface area contributed by atoms with Crippen LogP contribution in [0.2, 0.25) is 10.0 Å². The van der Waals surface area contributed by atoms with E-state index in [-0.39, 0.29) is 12.0 Å². The molecule has 3 rings (SSSR count). The molecular weight excluding hydrogens is 349 g/mol. The quantitative estimate of drug-likeness (QED) is 0.831. The molecule has 1 N–H and O–H groups in total. The third kappa shape index (κ3) is 3.45. The van der Waals surface area contributed by atoms with Crippen molar-refractivity contribution < 1.29 is 14.3 Å². The first kappa shape index (κ1) is 16.9. The van der Waals surface area contributed by atoms with E-state index in [0.717, 1.165) is 17.7 Å². The molecule has 1 aliphatic heterocycles. The van der Waals surface area contributed by atoms with Gasteiger partial charge >= 0.3 is 0 Å². The molecule has 0 spiro atoms. The summed E-state index contributed by atoms with van der Waals surface area (Å²) in [5, 5.41) is 3.62. The van der Waals surface area contributed by atoms with Crippen LogP contribution in [0.15, 0.2) is 30.3 Å². The smallest absolute Gasteiger partial charge is 0.257 e. The van der Waals surface area contributed by atoms with Gasteiger partial charge in [-0.25, -0.2) is 0 Å². The predicted molar refractivity (Wildman–Crippen MR) is 95.8 cm³/mol. The zero-order valence-electron chi connectivity index (χ0n) is 13.4. The van der Waals surface area contributed by atoms with E-state index in [1.165, 1.54) is 6.07 Å². The number of anilines is 1. The Labute approximate surface area is 150 Å². The van der Waals surface area contributed by atoms with Crippen LogP contribution in [0, 0.1) is 0 Å². The molecule has 1 amide bonds. The third-order valence-corrected chi connectivity index (χ3v) is 4.28. The second-order valence-corrected chi connectivity index (χ2v) is 6.44. The molecule has 0 saturated heterocycles. The number of halogens is 2. The van der Waals surface area contributed by atoms with Gasteiger partial charge in [-0.05, 0) is 38.1 Å². The number of fused-ring (bicyclic) bond motifs is 1. The van der Waals surface area contributed by atoms with Gasteiger partial charge in [0.15, 0.2) is 0 Å². The Bertz CT molecular complexity index is 792. The molecular formula is C18H17Cl2NO3. The van der Waals surface area contributed by atoms with E-state index in [4.69, 9.17) is 32.7 Å². The number of hydrogen-bond acceptors (Lipinski definition) is 3. The number of ether oxygens (including phenoxy) is 2. The molecule has 0 aliphatic carbocycles. The first-order chi connectivity index (χ1) is 11.5. The second-order valence-electron chi connectivity index (χ2n) is 5.60. The number of hydrogen-bond donors (Lipinski definition) is 1. The number of rotatable bonds is 4. The number of carbonyl (C=O) groups excluding carboxylic acids is 1. The molecule has 0 fully saturated rings. The first-order valence-electron chi connectivity index (χ1n) is 7.70. The maximum absolute atomic E-state index is 12.6. The number of amides is 1. The highest BCUT2D eigenvalue weighted by atomic mass is 35.5. The molecule has 2 aromatic carbocycles. The largest absolute Gasteiger partial charge is 0.492 e. The summed E-state index contributed by atoms with van der Waals surface area (Å²) in [4.78, 5) is 12.6. The standard InChI is InChI=1S/C18H17Cl2NO3/c1-3-23-17-7-11-6-10(2)24-16(11)9-15(17)21-18(22)13-8-12(19)4-5-14(13)20/h4-5,7-10H,3,6H2,1-2H3,(H,21,22)/t10-/m0/s1. The summed E-state index contributed by atoms with van der Waals surface area (Å²) in [5.41, 5.74) is 1.93. The Hall–Kier alpha value is -1.91. The lowest BCUT2D eigenvalue weighted by atomic mass is 10.1. The highest BCUT2D eigenvalue weighted by Crippen LogP contribution is 2.38. The van der Waals surface area contributed by atoms with Crippen LogP contribution in [-0.2, 0) is 6.42 Å². The van der Waals surface area contributed by atoms with Gasteiger partial charge in [0.2, 0.25) is 0 Å². The van der Waals surface area contributed by atoms with Gasteiger partial charge in [-0.1, -0.05) is 23.2 Å². The molecule has 0 saturated carbocycles. The normalized spacial score (nSPS) is 15.6. The van der Waals surface area contributed by atoms with Crippen LogP contribution in [0.4, 0.5) is 5.69 Å². The van der Waals surface area contributed by atoms with Crippen molar-refractivity contribution in [1.82, 2.24) is 0 Å². The highest BCUT2D eigenvalue weighted by molar-refractivity contribution is 6.36. The molecule has 6 heteroatoms. The van der Waals surface area contributed by atoms with Gasteiger partial charge in [-0.2, -0.15) is 0 Å². The lowest BCUT2D eigenvalue weighted by Gasteiger charge is -2.14. The van der Waals surface area contributed by atoms with Gasteiger partial charge in [0.25, 0.3) is 5.91 Å². The summed E-state index contributed by atoms with van der Waals surface area (Å²) in [6.07, 6.45) is 0.937. The van der Waals surface area contributed by atoms with Crippen LogP contribution in [0.1, 0.15) is 29.8 Å². The molecule has 24 heavy (non-hydrogen) atoms. The molecule has 1 aliphatic rings. The van der Waals surface area contributed by atoms with Gasteiger partial charge < -0.3 is 14.8 Å². The maximum Gasteiger partial charge on any atom is 0.257 e. The molecule has 0 radical (unpaired) electrons. The topological polar surface area (TPSA) is 47.6 Å². The molecule has 126 valence electrons. The van der Waals surface area contributed by atoms with Gasteiger partial charge in [0.05, 0.1) is 22.9 Å². The molecule has 0 bridgehead atoms. The third-order valence-electron chi connectivity index (χ3n) is 3.72. The summed E-state index contributed by atoms with van der Waals surface area (Å²) >= 11 is 12.1. The van der Waals surface area contributed by atoms with E-state index in [1.807, 2.05) is 19.9 Å². The summed E-state index contributed by atoms with van der Waals surface area (Å²) < 4.78 is 11.4. The second kappa shape index (κ2) is 6.91. The van der Waals surface area contributed by atoms with Crippen LogP contribution >= 0.6 is 23.2 Å². The van der Waals surface area contributed by atoms with Crippen LogP contribution < -0.4 is 14.8 Å². The van der Waals surface area contributed by atoms with Crippen molar-refractivity contribution in [2.75, 3.05) is 11.9 Å². The molecule has 1 atom stereocenters. The van der Waals surface area contributed by atoms with E-state index < -0.39 is 0 Å². The molecule has 0 aromatic heterocycles. The van der Waals surface area contributed by atoms with E-state index in [0.29, 0.717) is 33.7 Å². The zero-order valence-corrected chi connectivity index (χ0v) is 14.9. The van der Waals surface area contributed by atoms with Gasteiger partial charge in [-0.15, -0.1) is 0 Å². The Balaban J connectivity index is 1.92. The Kier molecular flexibility index (Phi) is 4.88. The summed E-state index contributed by atoms with van der Waals surface area (Å²) in [5.74, 6) is 1.02. The SMILES string of the molecule is CCOc1cc2c(cc1NC(=O)c1cc(Cl)ccc1Cl)O[C@@H](C)C2. The number of nitrogens with one attached hydrogen (secondary N) is 1. The fourth-order valence-corrected chi connectivity index (χ4v) is 3.05. The molecule has 0 unspecified atom stereocenters. The van der Waals surface area contributed by atoms with Gasteiger partial charge in [-0.3, -0.25) is 4.79 Å². The fraction of sp³-hybridized carbons (Fsp3) is 0.278. The average Bonchev–Trinajstić information content (AvgIpc) is 2.89. The summed E-state index contributed by atoms with van der Waals surface area (Å²) in [6, 6.07) is 8.47. The van der Waals surface area contributed by atoms with Crippen LogP contribution in [0.5, 0.6) is 11.5 Å². The van der Waals surface area contributed by atoms with Crippen LogP contribution in [0.25, 0.3) is 0 Å². The van der Waals surface area contributed by atoms with Gasteiger partial charge in [0.1, 0.15) is 17.6 Å². The minimum absolute atomic E-state index is 0.114. The van der Waals surface area contributed by atoms with Crippen LogP contribution in [0.3, 0.4) is 0 Å². The minimum Gasteiger partial charge on any atom is -0.492 e. The van der Waals surface area contributed by atoms with Crippen molar-refractivity contribution in [3.05, 3.63) is 51.5 Å². The minimum atomic E-state index is -0.352. The molecule has 4 nitrogen and oxygen atoms in total. The zero-order chi connectivity index (χ0) is 17.3. The van der Waals surface area contributed by atoms with Crippen molar-refractivity contribution in [3.8, 4) is 11.5 Å². The Morgan fingerprint density at radius 2 is 2.12 bits per heavy atom. The average molecular weight is 366 g/mol. The Morgan fingerprint density at radius 1 is 1.33 bits per heavy atom. The monoisotopic (exact) mass is 365 g/mol. The van der Waals surface area contributed by atoms with Crippen molar-refractivity contribution in [3.63, 3.8) is 0 Å². The maximum atomic E-state index is 12.6. The van der Waals surface area contributed by atoms with Gasteiger partial charge in [0, 0.05) is 23.1 Å². The van der Waals surface area contributed by atoms with E-state index in [9.17, 15) is 4.79 Å². The van der Waals surface area contributed by atoms with Crippen LogP contribution in [-0.4, -0.2) is 18.6 Å². The first-order valence-corrected chi connectivity index (χ1v) is 8.46. The van der Waals surface area contributed by atoms with Crippen molar-refractivity contribution in [1.29, 1.82) is 0 Å². The molecule has 2 aromatic rings. The summed E-state index contributed by atoms with van der Waals surface area (Å²) in [7, 11) is 0. The number of benzene rings is 2. The van der Waals surface area contributed by atoms with Crippen molar-refractivity contribution in [2.24, 2.45) is 0 Å².